The van der Waals surface area contributed by atoms with Crippen LogP contribution in [0, 0.1) is 6.92 Å². The van der Waals surface area contributed by atoms with Crippen LogP contribution >= 0.6 is 0 Å². The standard InChI is InChI=1S/C17H19N3O/c1-12-7-9-20-15(6-8-18)17(19-16(20)10-12)13-4-3-5-14(11-13)21-2/h3-5,7,9-11H,6,8,18H2,1-2H3. The van der Waals surface area contributed by atoms with Crippen LogP contribution in [-0.4, -0.2) is 23.0 Å². The summed E-state index contributed by atoms with van der Waals surface area (Å²) in [6.07, 6.45) is 2.85. The van der Waals surface area contributed by atoms with E-state index in [-0.39, 0.29) is 0 Å². The topological polar surface area (TPSA) is 52.5 Å². The van der Waals surface area contributed by atoms with E-state index in [2.05, 4.69) is 35.7 Å². The highest BCUT2D eigenvalue weighted by atomic mass is 16.5. The maximum Gasteiger partial charge on any atom is 0.137 e. The normalized spacial score (nSPS) is 11.0. The Morgan fingerprint density at radius 2 is 2.10 bits per heavy atom. The van der Waals surface area contributed by atoms with Gasteiger partial charge in [-0.1, -0.05) is 12.1 Å². The maximum absolute atomic E-state index is 5.78. The van der Waals surface area contributed by atoms with E-state index in [1.165, 1.54) is 5.56 Å². The van der Waals surface area contributed by atoms with Crippen molar-refractivity contribution in [2.24, 2.45) is 5.73 Å². The molecule has 1 aromatic carbocycles. The zero-order valence-corrected chi connectivity index (χ0v) is 12.3. The minimum atomic E-state index is 0.596. The molecule has 0 bridgehead atoms. The van der Waals surface area contributed by atoms with Crippen molar-refractivity contribution in [3.05, 3.63) is 53.9 Å². The van der Waals surface area contributed by atoms with E-state index in [4.69, 9.17) is 15.5 Å². The van der Waals surface area contributed by atoms with Crippen LogP contribution in [0.25, 0.3) is 16.9 Å². The van der Waals surface area contributed by atoms with E-state index >= 15 is 0 Å². The summed E-state index contributed by atoms with van der Waals surface area (Å²) < 4.78 is 7.43. The quantitative estimate of drug-likeness (QED) is 0.800. The number of nitrogens with zero attached hydrogens (tertiary/aromatic N) is 2. The van der Waals surface area contributed by atoms with Gasteiger partial charge in [0.25, 0.3) is 0 Å². The predicted molar refractivity (Wildman–Crippen MR) is 84.7 cm³/mol. The minimum absolute atomic E-state index is 0.596. The average molecular weight is 281 g/mol. The van der Waals surface area contributed by atoms with Crippen LogP contribution in [0.15, 0.2) is 42.6 Å². The summed E-state index contributed by atoms with van der Waals surface area (Å²) in [6.45, 7) is 2.67. The molecule has 0 saturated heterocycles. The van der Waals surface area contributed by atoms with Gasteiger partial charge >= 0.3 is 0 Å². The highest BCUT2D eigenvalue weighted by Crippen LogP contribution is 2.27. The molecule has 0 atom stereocenters. The molecule has 4 nitrogen and oxygen atoms in total. The largest absolute Gasteiger partial charge is 0.497 e. The molecule has 0 saturated carbocycles. The number of nitrogens with two attached hydrogens (primary N) is 1. The molecule has 2 aromatic heterocycles. The van der Waals surface area contributed by atoms with E-state index in [9.17, 15) is 0 Å². The highest BCUT2D eigenvalue weighted by molar-refractivity contribution is 5.68. The third kappa shape index (κ3) is 2.50. The Hall–Kier alpha value is -2.33. The van der Waals surface area contributed by atoms with Crippen molar-refractivity contribution < 1.29 is 4.74 Å². The third-order valence-corrected chi connectivity index (χ3v) is 3.60. The van der Waals surface area contributed by atoms with Crippen LogP contribution in [0.3, 0.4) is 0 Å². The second-order valence-corrected chi connectivity index (χ2v) is 5.11. The number of hydrogen-bond acceptors (Lipinski definition) is 3. The first kappa shape index (κ1) is 13.6. The van der Waals surface area contributed by atoms with Crippen LogP contribution in [0.4, 0.5) is 0 Å². The molecule has 3 aromatic rings. The molecule has 2 heterocycles. The second-order valence-electron chi connectivity index (χ2n) is 5.11. The predicted octanol–water partition coefficient (Wildman–Crippen LogP) is 2.82. The van der Waals surface area contributed by atoms with E-state index in [0.717, 1.165) is 34.8 Å². The number of rotatable bonds is 4. The van der Waals surface area contributed by atoms with Crippen LogP contribution in [0.2, 0.25) is 0 Å². The molecule has 0 aliphatic heterocycles. The van der Waals surface area contributed by atoms with Crippen molar-refractivity contribution in [2.45, 2.75) is 13.3 Å². The Kier molecular flexibility index (Phi) is 3.62. The first-order valence-corrected chi connectivity index (χ1v) is 7.05. The van der Waals surface area contributed by atoms with Crippen molar-refractivity contribution in [1.82, 2.24) is 9.38 Å². The van der Waals surface area contributed by atoms with E-state index < -0.39 is 0 Å². The summed E-state index contributed by atoms with van der Waals surface area (Å²) in [7, 11) is 1.67. The number of aromatic nitrogens is 2. The summed E-state index contributed by atoms with van der Waals surface area (Å²) in [5.41, 5.74) is 11.1. The van der Waals surface area contributed by atoms with Crippen molar-refractivity contribution in [3.63, 3.8) is 0 Å². The van der Waals surface area contributed by atoms with Gasteiger partial charge in [-0.3, -0.25) is 0 Å². The first-order valence-electron chi connectivity index (χ1n) is 7.05. The first-order chi connectivity index (χ1) is 10.2. The lowest BCUT2D eigenvalue weighted by Crippen LogP contribution is -2.06. The highest BCUT2D eigenvalue weighted by Gasteiger charge is 2.14. The Morgan fingerprint density at radius 3 is 2.86 bits per heavy atom. The lowest BCUT2D eigenvalue weighted by Gasteiger charge is -2.06. The van der Waals surface area contributed by atoms with Crippen molar-refractivity contribution in [3.8, 4) is 17.0 Å². The Balaban J connectivity index is 2.22. The van der Waals surface area contributed by atoms with Crippen molar-refractivity contribution >= 4 is 5.65 Å². The molecule has 0 unspecified atom stereocenters. The molecule has 0 fully saturated rings. The van der Waals surface area contributed by atoms with Crippen molar-refractivity contribution in [1.29, 1.82) is 0 Å². The van der Waals surface area contributed by atoms with Gasteiger partial charge in [-0.15, -0.1) is 0 Å². The van der Waals surface area contributed by atoms with Gasteiger partial charge < -0.3 is 14.9 Å². The number of hydrogen-bond donors (Lipinski definition) is 1. The Morgan fingerprint density at radius 1 is 1.24 bits per heavy atom. The van der Waals surface area contributed by atoms with Gasteiger partial charge in [0.1, 0.15) is 11.4 Å². The zero-order chi connectivity index (χ0) is 14.8. The van der Waals surface area contributed by atoms with E-state index in [0.29, 0.717) is 6.54 Å². The fourth-order valence-electron chi connectivity index (χ4n) is 2.57. The van der Waals surface area contributed by atoms with Crippen LogP contribution in [-0.2, 0) is 6.42 Å². The summed E-state index contributed by atoms with van der Waals surface area (Å²) in [5, 5.41) is 0. The SMILES string of the molecule is COc1cccc(-c2nc3cc(C)ccn3c2CCN)c1. The molecule has 0 amide bonds. The van der Waals surface area contributed by atoms with Gasteiger partial charge in [-0.2, -0.15) is 0 Å². The molecule has 0 radical (unpaired) electrons. The average Bonchev–Trinajstić information content (AvgIpc) is 2.85. The van der Waals surface area contributed by atoms with Crippen LogP contribution < -0.4 is 10.5 Å². The number of fused-ring (bicyclic) bond motifs is 1. The smallest absolute Gasteiger partial charge is 0.137 e. The van der Waals surface area contributed by atoms with E-state index in [1.54, 1.807) is 7.11 Å². The zero-order valence-electron chi connectivity index (χ0n) is 12.3. The van der Waals surface area contributed by atoms with Gasteiger partial charge in [-0.25, -0.2) is 4.98 Å². The summed E-state index contributed by atoms with van der Waals surface area (Å²) in [6, 6.07) is 12.2. The molecule has 4 heteroatoms. The number of imidazole rings is 1. The lowest BCUT2D eigenvalue weighted by molar-refractivity contribution is 0.415. The molecule has 3 rings (SSSR count). The molecular formula is C17H19N3O. The Bertz CT molecular complexity index is 777. The lowest BCUT2D eigenvalue weighted by atomic mass is 10.1. The summed E-state index contributed by atoms with van der Waals surface area (Å²) in [5.74, 6) is 0.833. The Labute approximate surface area is 124 Å². The van der Waals surface area contributed by atoms with Gasteiger partial charge in [0.05, 0.1) is 18.5 Å². The van der Waals surface area contributed by atoms with E-state index in [1.807, 2.05) is 18.2 Å². The van der Waals surface area contributed by atoms with Gasteiger partial charge in [0.15, 0.2) is 0 Å². The second kappa shape index (κ2) is 5.58. The monoisotopic (exact) mass is 281 g/mol. The molecule has 0 aliphatic rings. The minimum Gasteiger partial charge on any atom is -0.497 e. The van der Waals surface area contributed by atoms with Crippen LogP contribution in [0.5, 0.6) is 5.75 Å². The molecule has 21 heavy (non-hydrogen) atoms. The number of ether oxygens (including phenoxy) is 1. The molecule has 0 spiro atoms. The molecule has 108 valence electrons. The van der Waals surface area contributed by atoms with Gasteiger partial charge in [-0.05, 0) is 43.3 Å². The van der Waals surface area contributed by atoms with Crippen molar-refractivity contribution in [2.75, 3.05) is 13.7 Å². The maximum atomic E-state index is 5.78. The number of pyridine rings is 1. The molecular weight excluding hydrogens is 262 g/mol. The number of benzene rings is 1. The van der Waals surface area contributed by atoms with Gasteiger partial charge in [0, 0.05) is 18.2 Å². The molecule has 0 aliphatic carbocycles. The number of aryl methyl sites for hydroxylation is 1. The fraction of sp³-hybridized carbons (Fsp3) is 0.235. The number of methoxy groups -OCH3 is 1. The van der Waals surface area contributed by atoms with Gasteiger partial charge in [0.2, 0.25) is 0 Å². The summed E-state index contributed by atoms with van der Waals surface area (Å²) in [4.78, 5) is 4.79. The van der Waals surface area contributed by atoms with Crippen LogP contribution in [0.1, 0.15) is 11.3 Å². The molecule has 2 N–H and O–H groups in total. The third-order valence-electron chi connectivity index (χ3n) is 3.60. The summed E-state index contributed by atoms with van der Waals surface area (Å²) >= 11 is 0. The fourth-order valence-corrected chi connectivity index (χ4v) is 2.57.